The van der Waals surface area contributed by atoms with Crippen molar-refractivity contribution in [3.63, 3.8) is 0 Å². The molecule has 104 valence electrons. The van der Waals surface area contributed by atoms with Gasteiger partial charge in [0.15, 0.2) is 0 Å². The van der Waals surface area contributed by atoms with E-state index in [0.29, 0.717) is 12.6 Å². The summed E-state index contributed by atoms with van der Waals surface area (Å²) in [6, 6.07) is 0.565. The highest BCUT2D eigenvalue weighted by atomic mass is 16.5. The fourth-order valence-corrected chi connectivity index (χ4v) is 3.30. The van der Waals surface area contributed by atoms with Crippen LogP contribution >= 0.6 is 0 Å². The average molecular weight is 254 g/mol. The van der Waals surface area contributed by atoms with Crippen LogP contribution in [0.3, 0.4) is 0 Å². The highest BCUT2D eigenvalue weighted by Crippen LogP contribution is 2.27. The van der Waals surface area contributed by atoms with E-state index in [2.05, 4.69) is 17.1 Å². The summed E-state index contributed by atoms with van der Waals surface area (Å²) in [5.74, 6) is 0.700. The Balaban J connectivity index is 1.96. The number of likely N-dealkylation sites (tertiary alicyclic amines) is 1. The Hall–Kier alpha value is -0.610. The van der Waals surface area contributed by atoms with Gasteiger partial charge in [0.05, 0.1) is 6.61 Å². The third-order valence-electron chi connectivity index (χ3n) is 4.19. The maximum Gasteiger partial charge on any atom is 0.323 e. The summed E-state index contributed by atoms with van der Waals surface area (Å²) in [6.45, 7) is 7.69. The summed E-state index contributed by atoms with van der Waals surface area (Å²) in [7, 11) is 0. The molecule has 4 heteroatoms. The number of esters is 1. The van der Waals surface area contributed by atoms with E-state index in [1.807, 2.05) is 6.92 Å². The number of hydrogen-bond acceptors (Lipinski definition) is 4. The number of fused-ring (bicyclic) bond motifs is 1. The van der Waals surface area contributed by atoms with Gasteiger partial charge in [0.25, 0.3) is 0 Å². The van der Waals surface area contributed by atoms with Crippen LogP contribution in [0.5, 0.6) is 0 Å². The molecule has 2 saturated heterocycles. The Morgan fingerprint density at radius 2 is 2.28 bits per heavy atom. The highest BCUT2D eigenvalue weighted by Gasteiger charge is 2.39. The number of nitrogens with zero attached hydrogens (tertiary/aromatic N) is 1. The van der Waals surface area contributed by atoms with E-state index in [9.17, 15) is 4.79 Å². The molecule has 3 atom stereocenters. The van der Waals surface area contributed by atoms with Crippen LogP contribution in [0.1, 0.15) is 39.5 Å². The summed E-state index contributed by atoms with van der Waals surface area (Å²) in [6.07, 6.45) is 4.52. The van der Waals surface area contributed by atoms with E-state index in [4.69, 9.17) is 4.74 Å². The van der Waals surface area contributed by atoms with Crippen molar-refractivity contribution >= 4 is 5.97 Å². The number of ether oxygens (including phenoxy) is 1. The smallest absolute Gasteiger partial charge is 0.323 e. The van der Waals surface area contributed by atoms with Crippen molar-refractivity contribution in [2.75, 3.05) is 26.2 Å². The molecule has 2 aliphatic rings. The van der Waals surface area contributed by atoms with Crippen LogP contribution in [-0.2, 0) is 9.53 Å². The Bertz CT molecular complexity index is 269. The van der Waals surface area contributed by atoms with Gasteiger partial charge in [-0.05, 0) is 38.6 Å². The van der Waals surface area contributed by atoms with Gasteiger partial charge in [-0.2, -0.15) is 0 Å². The van der Waals surface area contributed by atoms with E-state index < -0.39 is 0 Å². The van der Waals surface area contributed by atoms with Gasteiger partial charge in [0.1, 0.15) is 6.04 Å². The Morgan fingerprint density at radius 1 is 1.44 bits per heavy atom. The first-order chi connectivity index (χ1) is 8.76. The van der Waals surface area contributed by atoms with Gasteiger partial charge in [0.2, 0.25) is 0 Å². The van der Waals surface area contributed by atoms with Gasteiger partial charge in [-0.15, -0.1) is 0 Å². The molecule has 4 nitrogen and oxygen atoms in total. The third-order valence-corrected chi connectivity index (χ3v) is 4.19. The van der Waals surface area contributed by atoms with Gasteiger partial charge in [-0.1, -0.05) is 13.3 Å². The lowest BCUT2D eigenvalue weighted by Gasteiger charge is -2.25. The van der Waals surface area contributed by atoms with Crippen LogP contribution in [0.15, 0.2) is 0 Å². The topological polar surface area (TPSA) is 41.6 Å². The molecule has 3 unspecified atom stereocenters. The van der Waals surface area contributed by atoms with Crippen molar-refractivity contribution in [1.82, 2.24) is 10.2 Å². The maximum absolute atomic E-state index is 12.0. The number of carbonyl (C=O) groups excluding carboxylic acids is 1. The van der Waals surface area contributed by atoms with E-state index in [1.165, 1.54) is 12.8 Å². The molecule has 18 heavy (non-hydrogen) atoms. The monoisotopic (exact) mass is 254 g/mol. The fourth-order valence-electron chi connectivity index (χ4n) is 3.30. The predicted octanol–water partition coefficient (Wildman–Crippen LogP) is 1.40. The minimum absolute atomic E-state index is 0.0256. The molecule has 2 rings (SSSR count). The SMILES string of the molecule is CCCC(C(=O)OCC)N1CC2CCCNC2C1. The van der Waals surface area contributed by atoms with Gasteiger partial charge in [-0.3, -0.25) is 9.69 Å². The van der Waals surface area contributed by atoms with Crippen LogP contribution in [-0.4, -0.2) is 49.2 Å². The second-order valence-corrected chi connectivity index (χ2v) is 5.47. The number of hydrogen-bond donors (Lipinski definition) is 1. The standard InChI is InChI=1S/C14H26N2O2/c1-3-6-13(14(17)18-4-2)16-9-11-7-5-8-15-12(11)10-16/h11-13,15H,3-10H2,1-2H3. The second-order valence-electron chi connectivity index (χ2n) is 5.47. The van der Waals surface area contributed by atoms with Crippen LogP contribution in [0.4, 0.5) is 0 Å². The zero-order valence-corrected chi connectivity index (χ0v) is 11.7. The molecule has 0 bridgehead atoms. The minimum atomic E-state index is -0.0296. The number of rotatable bonds is 5. The molecule has 0 aromatic heterocycles. The van der Waals surface area contributed by atoms with Crippen LogP contribution in [0.25, 0.3) is 0 Å². The van der Waals surface area contributed by atoms with E-state index in [-0.39, 0.29) is 12.0 Å². The van der Waals surface area contributed by atoms with Crippen molar-refractivity contribution in [1.29, 1.82) is 0 Å². The quantitative estimate of drug-likeness (QED) is 0.753. The van der Waals surface area contributed by atoms with Crippen LogP contribution < -0.4 is 5.32 Å². The minimum Gasteiger partial charge on any atom is -0.465 e. The first-order valence-corrected chi connectivity index (χ1v) is 7.40. The van der Waals surface area contributed by atoms with Crippen molar-refractivity contribution < 1.29 is 9.53 Å². The average Bonchev–Trinajstić information content (AvgIpc) is 2.79. The number of nitrogens with one attached hydrogen (secondary N) is 1. The summed E-state index contributed by atoms with van der Waals surface area (Å²) >= 11 is 0. The molecule has 0 amide bonds. The molecule has 0 saturated carbocycles. The summed E-state index contributed by atoms with van der Waals surface area (Å²) < 4.78 is 5.22. The summed E-state index contributed by atoms with van der Waals surface area (Å²) in [5.41, 5.74) is 0. The molecule has 0 spiro atoms. The zero-order chi connectivity index (χ0) is 13.0. The van der Waals surface area contributed by atoms with Crippen molar-refractivity contribution in [2.24, 2.45) is 5.92 Å². The van der Waals surface area contributed by atoms with Gasteiger partial charge in [-0.25, -0.2) is 0 Å². The normalized spacial score (nSPS) is 29.9. The Kier molecular flexibility index (Phi) is 5.01. The van der Waals surface area contributed by atoms with Gasteiger partial charge >= 0.3 is 5.97 Å². The zero-order valence-electron chi connectivity index (χ0n) is 11.7. The molecule has 0 aromatic rings. The Labute approximate surface area is 110 Å². The van der Waals surface area contributed by atoms with Crippen molar-refractivity contribution in [2.45, 2.75) is 51.6 Å². The predicted molar refractivity (Wildman–Crippen MR) is 71.4 cm³/mol. The lowest BCUT2D eigenvalue weighted by Crippen LogP contribution is -2.43. The third kappa shape index (κ3) is 3.04. The summed E-state index contributed by atoms with van der Waals surface area (Å²) in [4.78, 5) is 14.4. The molecular formula is C14H26N2O2. The largest absolute Gasteiger partial charge is 0.465 e. The first-order valence-electron chi connectivity index (χ1n) is 7.40. The molecule has 2 heterocycles. The van der Waals surface area contributed by atoms with Crippen LogP contribution in [0, 0.1) is 5.92 Å². The molecule has 2 fully saturated rings. The molecule has 0 radical (unpaired) electrons. The molecule has 2 aliphatic heterocycles. The van der Waals surface area contributed by atoms with E-state index >= 15 is 0 Å². The van der Waals surface area contributed by atoms with Crippen molar-refractivity contribution in [3.8, 4) is 0 Å². The number of piperidine rings is 1. The molecule has 0 aliphatic carbocycles. The van der Waals surface area contributed by atoms with E-state index in [1.54, 1.807) is 0 Å². The Morgan fingerprint density at radius 3 is 2.94 bits per heavy atom. The fraction of sp³-hybridized carbons (Fsp3) is 0.929. The van der Waals surface area contributed by atoms with Gasteiger partial charge < -0.3 is 10.1 Å². The lowest BCUT2D eigenvalue weighted by atomic mass is 9.94. The van der Waals surface area contributed by atoms with E-state index in [0.717, 1.165) is 38.4 Å². The second kappa shape index (κ2) is 6.53. The molecule has 0 aromatic carbocycles. The first kappa shape index (κ1) is 13.8. The highest BCUT2D eigenvalue weighted by molar-refractivity contribution is 5.75. The summed E-state index contributed by atoms with van der Waals surface area (Å²) in [5, 5.41) is 3.59. The molecular weight excluding hydrogens is 228 g/mol. The maximum atomic E-state index is 12.0. The molecule has 1 N–H and O–H groups in total. The van der Waals surface area contributed by atoms with Gasteiger partial charge in [0, 0.05) is 19.1 Å². The number of carbonyl (C=O) groups is 1. The van der Waals surface area contributed by atoms with Crippen LogP contribution in [0.2, 0.25) is 0 Å². The van der Waals surface area contributed by atoms with Crippen molar-refractivity contribution in [3.05, 3.63) is 0 Å². The lowest BCUT2D eigenvalue weighted by molar-refractivity contribution is -0.149.